The van der Waals surface area contributed by atoms with Crippen molar-refractivity contribution in [3.63, 3.8) is 0 Å². The zero-order valence-corrected chi connectivity index (χ0v) is 9.42. The largest absolute Gasteiger partial charge is 0.508 e. The third kappa shape index (κ3) is 4.55. The van der Waals surface area contributed by atoms with Crippen LogP contribution >= 0.6 is 0 Å². The third-order valence-electron chi connectivity index (χ3n) is 2.22. The van der Waals surface area contributed by atoms with E-state index in [0.29, 0.717) is 6.42 Å². The number of hydrogen-bond donors (Lipinski definition) is 2. The number of rotatable bonds is 5. The van der Waals surface area contributed by atoms with Crippen LogP contribution in [0.15, 0.2) is 24.3 Å². The molecule has 5 heteroatoms. The summed E-state index contributed by atoms with van der Waals surface area (Å²) < 4.78 is 4.67. The molecule has 0 saturated heterocycles. The lowest BCUT2D eigenvalue weighted by Crippen LogP contribution is -2.26. The van der Waals surface area contributed by atoms with Gasteiger partial charge in [0.2, 0.25) is 0 Å². The fourth-order valence-electron chi connectivity index (χ4n) is 1.39. The molecule has 0 radical (unpaired) electrons. The monoisotopic (exact) mass is 238 g/mol. The van der Waals surface area contributed by atoms with E-state index in [0.717, 1.165) is 5.56 Å². The molecule has 1 atom stereocenters. The number of esters is 1. The minimum Gasteiger partial charge on any atom is -0.508 e. The summed E-state index contributed by atoms with van der Waals surface area (Å²) in [5, 5.41) is 17.9. The Bertz CT molecular complexity index is 396. The predicted molar refractivity (Wildman–Crippen MR) is 59.6 cm³/mol. The van der Waals surface area contributed by atoms with E-state index in [2.05, 4.69) is 4.74 Å². The van der Waals surface area contributed by atoms with Crippen LogP contribution in [0.4, 0.5) is 0 Å². The quantitative estimate of drug-likeness (QED) is 0.756. The molecule has 0 spiro atoms. The number of hydrogen-bond acceptors (Lipinski definition) is 4. The number of aryl methyl sites for hydroxylation is 1. The van der Waals surface area contributed by atoms with Gasteiger partial charge in [0.25, 0.3) is 0 Å². The normalized spacial score (nSPS) is 11.8. The van der Waals surface area contributed by atoms with Crippen molar-refractivity contribution in [2.24, 2.45) is 0 Å². The van der Waals surface area contributed by atoms with Gasteiger partial charge in [0.05, 0.1) is 0 Å². The fourth-order valence-corrected chi connectivity index (χ4v) is 1.39. The summed E-state index contributed by atoms with van der Waals surface area (Å²) in [6, 6.07) is 6.44. The highest BCUT2D eigenvalue weighted by Crippen LogP contribution is 2.13. The SMILES string of the molecule is CC(=O)O[C@H](CCc1ccc(O)cc1)C(=O)O. The molecule has 1 rings (SSSR count). The van der Waals surface area contributed by atoms with E-state index in [1.165, 1.54) is 19.1 Å². The van der Waals surface area contributed by atoms with Crippen molar-refractivity contribution in [1.82, 2.24) is 0 Å². The minimum absolute atomic E-state index is 0.156. The van der Waals surface area contributed by atoms with Gasteiger partial charge < -0.3 is 14.9 Å². The summed E-state index contributed by atoms with van der Waals surface area (Å²) in [6.45, 7) is 1.18. The van der Waals surface area contributed by atoms with Crippen LogP contribution in [0.2, 0.25) is 0 Å². The number of phenols is 1. The van der Waals surface area contributed by atoms with Crippen molar-refractivity contribution in [3.8, 4) is 5.75 Å². The van der Waals surface area contributed by atoms with E-state index >= 15 is 0 Å². The third-order valence-corrected chi connectivity index (χ3v) is 2.22. The minimum atomic E-state index is -1.15. The van der Waals surface area contributed by atoms with E-state index < -0.39 is 18.0 Å². The molecule has 1 aromatic carbocycles. The maximum absolute atomic E-state index is 10.8. The maximum atomic E-state index is 10.8. The summed E-state index contributed by atoms with van der Waals surface area (Å²) in [5.41, 5.74) is 0.876. The van der Waals surface area contributed by atoms with Crippen LogP contribution in [-0.4, -0.2) is 28.3 Å². The van der Waals surface area contributed by atoms with Gasteiger partial charge in [-0.15, -0.1) is 0 Å². The molecule has 0 saturated carbocycles. The number of carbonyl (C=O) groups is 2. The molecular formula is C12H14O5. The first-order valence-electron chi connectivity index (χ1n) is 5.17. The van der Waals surface area contributed by atoms with E-state index in [9.17, 15) is 9.59 Å². The summed E-state index contributed by atoms with van der Waals surface area (Å²) in [6.07, 6.45) is -0.453. The van der Waals surface area contributed by atoms with Gasteiger partial charge in [-0.2, -0.15) is 0 Å². The summed E-state index contributed by atoms with van der Waals surface area (Å²) in [5.74, 6) is -1.61. The molecule has 17 heavy (non-hydrogen) atoms. The van der Waals surface area contributed by atoms with E-state index in [1.807, 2.05) is 0 Å². The number of carboxylic acid groups (broad SMARTS) is 1. The molecule has 5 nitrogen and oxygen atoms in total. The Labute approximate surface area is 98.6 Å². The fraction of sp³-hybridized carbons (Fsp3) is 0.333. The molecule has 0 fully saturated rings. The van der Waals surface area contributed by atoms with Crippen molar-refractivity contribution in [2.45, 2.75) is 25.9 Å². The second kappa shape index (κ2) is 5.89. The van der Waals surface area contributed by atoms with E-state index in [-0.39, 0.29) is 12.2 Å². The smallest absolute Gasteiger partial charge is 0.345 e. The van der Waals surface area contributed by atoms with Gasteiger partial charge in [-0.05, 0) is 30.5 Å². The number of benzene rings is 1. The van der Waals surface area contributed by atoms with Crippen LogP contribution in [0.3, 0.4) is 0 Å². The van der Waals surface area contributed by atoms with Crippen molar-refractivity contribution in [2.75, 3.05) is 0 Å². The second-order valence-electron chi connectivity index (χ2n) is 3.64. The van der Waals surface area contributed by atoms with Gasteiger partial charge in [-0.1, -0.05) is 12.1 Å². The lowest BCUT2D eigenvalue weighted by molar-refractivity contribution is -0.162. The van der Waals surface area contributed by atoms with Crippen LogP contribution in [-0.2, 0) is 20.7 Å². The van der Waals surface area contributed by atoms with Gasteiger partial charge in [0.15, 0.2) is 6.10 Å². The lowest BCUT2D eigenvalue weighted by Gasteiger charge is -2.12. The second-order valence-corrected chi connectivity index (χ2v) is 3.64. The first kappa shape index (κ1) is 13.0. The molecule has 92 valence electrons. The highest BCUT2D eigenvalue weighted by Gasteiger charge is 2.20. The molecule has 0 heterocycles. The van der Waals surface area contributed by atoms with Crippen molar-refractivity contribution < 1.29 is 24.5 Å². The molecule has 0 aliphatic heterocycles. The highest BCUT2D eigenvalue weighted by molar-refractivity contribution is 5.76. The Balaban J connectivity index is 2.54. The molecule has 0 aliphatic carbocycles. The number of carboxylic acids is 1. The predicted octanol–water partition coefficient (Wildman–Crippen LogP) is 1.34. The van der Waals surface area contributed by atoms with E-state index in [1.54, 1.807) is 12.1 Å². The standard InChI is InChI=1S/C12H14O5/c1-8(13)17-11(12(15)16)7-4-9-2-5-10(14)6-3-9/h2-3,5-6,11,14H,4,7H2,1H3,(H,15,16)/t11-/m1/s1. The van der Waals surface area contributed by atoms with Crippen molar-refractivity contribution in [1.29, 1.82) is 0 Å². The van der Waals surface area contributed by atoms with Gasteiger partial charge in [-0.25, -0.2) is 4.79 Å². The zero-order chi connectivity index (χ0) is 12.8. The first-order chi connectivity index (χ1) is 7.99. The summed E-state index contributed by atoms with van der Waals surface area (Å²) >= 11 is 0. The Morgan fingerprint density at radius 2 is 1.88 bits per heavy atom. The van der Waals surface area contributed by atoms with Gasteiger partial charge in [0, 0.05) is 6.92 Å². The number of ether oxygens (including phenoxy) is 1. The molecule has 1 aromatic rings. The average Bonchev–Trinajstić information content (AvgIpc) is 2.25. The maximum Gasteiger partial charge on any atom is 0.345 e. The first-order valence-corrected chi connectivity index (χ1v) is 5.17. The summed E-state index contributed by atoms with van der Waals surface area (Å²) in [7, 11) is 0. The molecular weight excluding hydrogens is 224 g/mol. The van der Waals surface area contributed by atoms with Gasteiger partial charge >= 0.3 is 11.9 Å². The topological polar surface area (TPSA) is 83.8 Å². The number of phenolic OH excluding ortho intramolecular Hbond substituents is 1. The number of carbonyl (C=O) groups excluding carboxylic acids is 1. The zero-order valence-electron chi connectivity index (χ0n) is 9.42. The van der Waals surface area contributed by atoms with Crippen LogP contribution in [0.1, 0.15) is 18.9 Å². The molecule has 0 aliphatic rings. The van der Waals surface area contributed by atoms with Crippen LogP contribution in [0.25, 0.3) is 0 Å². The summed E-state index contributed by atoms with van der Waals surface area (Å²) in [4.78, 5) is 21.5. The molecule has 0 unspecified atom stereocenters. The average molecular weight is 238 g/mol. The Morgan fingerprint density at radius 3 is 2.35 bits per heavy atom. The Morgan fingerprint density at radius 1 is 1.29 bits per heavy atom. The Kier molecular flexibility index (Phi) is 4.51. The van der Waals surface area contributed by atoms with Gasteiger partial charge in [0.1, 0.15) is 5.75 Å². The lowest BCUT2D eigenvalue weighted by atomic mass is 10.1. The van der Waals surface area contributed by atoms with Crippen LogP contribution in [0.5, 0.6) is 5.75 Å². The van der Waals surface area contributed by atoms with Gasteiger partial charge in [-0.3, -0.25) is 4.79 Å². The van der Waals surface area contributed by atoms with Crippen LogP contribution in [0, 0.1) is 0 Å². The Hall–Kier alpha value is -2.04. The molecule has 2 N–H and O–H groups in total. The van der Waals surface area contributed by atoms with Crippen LogP contribution < -0.4 is 0 Å². The van der Waals surface area contributed by atoms with E-state index in [4.69, 9.17) is 10.2 Å². The molecule has 0 aromatic heterocycles. The number of aliphatic carboxylic acids is 1. The highest BCUT2D eigenvalue weighted by atomic mass is 16.6. The van der Waals surface area contributed by atoms with Crippen molar-refractivity contribution >= 4 is 11.9 Å². The molecule has 0 amide bonds. The van der Waals surface area contributed by atoms with Crippen molar-refractivity contribution in [3.05, 3.63) is 29.8 Å². The number of aromatic hydroxyl groups is 1. The molecule has 0 bridgehead atoms.